The minimum atomic E-state index is 0.275. The maximum atomic E-state index is 5.56. The Morgan fingerprint density at radius 1 is 1.04 bits per heavy atom. The standard InChI is InChI=1S/C20H17N3OS2/c1-2-5-14(6-3-1)20-21-18(24-22-20)13-23-10-8-16-15(9-12-26-16)19(23)17-7-4-11-25-17/h1-7,9,11-12,19H,8,10,13H2/t19-/m0/s1. The van der Waals surface area contributed by atoms with Gasteiger partial charge in [0.05, 0.1) is 12.6 Å². The lowest BCUT2D eigenvalue weighted by Crippen LogP contribution is -2.34. The van der Waals surface area contributed by atoms with Crippen LogP contribution in [0.3, 0.4) is 0 Å². The number of nitrogens with zero attached hydrogens (tertiary/aromatic N) is 3. The van der Waals surface area contributed by atoms with E-state index in [2.05, 4.69) is 44.0 Å². The van der Waals surface area contributed by atoms with E-state index >= 15 is 0 Å². The number of hydrogen-bond donors (Lipinski definition) is 0. The molecule has 4 nitrogen and oxygen atoms in total. The Hall–Kier alpha value is -2.28. The molecule has 0 bridgehead atoms. The van der Waals surface area contributed by atoms with Gasteiger partial charge in [-0.15, -0.1) is 22.7 Å². The van der Waals surface area contributed by atoms with Crippen molar-refractivity contribution in [1.82, 2.24) is 15.0 Å². The molecule has 0 fully saturated rings. The Morgan fingerprint density at radius 3 is 2.81 bits per heavy atom. The molecule has 0 saturated heterocycles. The van der Waals surface area contributed by atoms with Crippen LogP contribution in [0.15, 0.2) is 63.8 Å². The van der Waals surface area contributed by atoms with Crippen molar-refractivity contribution in [2.45, 2.75) is 19.0 Å². The normalized spacial score (nSPS) is 17.3. The van der Waals surface area contributed by atoms with Crippen molar-refractivity contribution in [3.05, 3.63) is 80.5 Å². The van der Waals surface area contributed by atoms with Crippen molar-refractivity contribution in [1.29, 1.82) is 0 Å². The molecule has 26 heavy (non-hydrogen) atoms. The zero-order chi connectivity index (χ0) is 17.3. The zero-order valence-electron chi connectivity index (χ0n) is 14.0. The molecule has 0 unspecified atom stereocenters. The van der Waals surface area contributed by atoms with Gasteiger partial charge in [0.25, 0.3) is 0 Å². The van der Waals surface area contributed by atoms with Crippen LogP contribution >= 0.6 is 22.7 Å². The highest BCUT2D eigenvalue weighted by atomic mass is 32.1. The van der Waals surface area contributed by atoms with Gasteiger partial charge in [0, 0.05) is 21.9 Å². The smallest absolute Gasteiger partial charge is 0.241 e. The van der Waals surface area contributed by atoms with E-state index in [1.165, 1.54) is 15.3 Å². The molecule has 1 aliphatic heterocycles. The van der Waals surface area contributed by atoms with E-state index in [-0.39, 0.29) is 6.04 Å². The third-order valence-electron chi connectivity index (χ3n) is 4.72. The molecule has 0 aliphatic carbocycles. The molecule has 0 N–H and O–H groups in total. The summed E-state index contributed by atoms with van der Waals surface area (Å²) in [5, 5.41) is 8.52. The van der Waals surface area contributed by atoms with Gasteiger partial charge in [0.2, 0.25) is 11.7 Å². The zero-order valence-corrected chi connectivity index (χ0v) is 15.7. The molecule has 0 amide bonds. The number of hydrogen-bond acceptors (Lipinski definition) is 6. The van der Waals surface area contributed by atoms with Crippen molar-refractivity contribution in [3.8, 4) is 11.4 Å². The molecular formula is C20H17N3OS2. The van der Waals surface area contributed by atoms with Crippen molar-refractivity contribution >= 4 is 22.7 Å². The van der Waals surface area contributed by atoms with E-state index in [9.17, 15) is 0 Å². The lowest BCUT2D eigenvalue weighted by Gasteiger charge is -2.34. The molecule has 5 rings (SSSR count). The van der Waals surface area contributed by atoms with E-state index in [4.69, 9.17) is 4.52 Å². The summed E-state index contributed by atoms with van der Waals surface area (Å²) in [6, 6.07) is 16.8. The highest BCUT2D eigenvalue weighted by Gasteiger charge is 2.31. The highest BCUT2D eigenvalue weighted by molar-refractivity contribution is 7.10. The average molecular weight is 380 g/mol. The predicted octanol–water partition coefficient (Wildman–Crippen LogP) is 5.01. The molecule has 1 aromatic carbocycles. The Morgan fingerprint density at radius 2 is 1.96 bits per heavy atom. The van der Waals surface area contributed by atoms with Crippen molar-refractivity contribution in [2.75, 3.05) is 6.54 Å². The van der Waals surface area contributed by atoms with Crippen molar-refractivity contribution < 1.29 is 4.52 Å². The van der Waals surface area contributed by atoms with Crippen LogP contribution in [0.4, 0.5) is 0 Å². The van der Waals surface area contributed by atoms with Crippen LogP contribution in [0.25, 0.3) is 11.4 Å². The van der Waals surface area contributed by atoms with Crippen molar-refractivity contribution in [3.63, 3.8) is 0 Å². The minimum Gasteiger partial charge on any atom is -0.338 e. The summed E-state index contributed by atoms with van der Waals surface area (Å²) in [4.78, 5) is 9.93. The van der Waals surface area contributed by atoms with E-state index in [1.54, 1.807) is 0 Å². The van der Waals surface area contributed by atoms with Gasteiger partial charge in [-0.25, -0.2) is 0 Å². The van der Waals surface area contributed by atoms with Crippen LogP contribution in [0, 0.1) is 0 Å². The fraction of sp³-hybridized carbons (Fsp3) is 0.200. The van der Waals surface area contributed by atoms with Crippen LogP contribution in [0.2, 0.25) is 0 Å². The second-order valence-electron chi connectivity index (χ2n) is 6.32. The molecule has 0 spiro atoms. The van der Waals surface area contributed by atoms with E-state index < -0.39 is 0 Å². The summed E-state index contributed by atoms with van der Waals surface area (Å²) in [5.41, 5.74) is 2.41. The van der Waals surface area contributed by atoms with Gasteiger partial charge < -0.3 is 4.52 Å². The van der Waals surface area contributed by atoms with Crippen LogP contribution in [-0.2, 0) is 13.0 Å². The molecule has 4 aromatic rings. The predicted molar refractivity (Wildman–Crippen MR) is 104 cm³/mol. The van der Waals surface area contributed by atoms with Gasteiger partial charge in [-0.05, 0) is 34.9 Å². The maximum absolute atomic E-state index is 5.56. The van der Waals surface area contributed by atoms with Gasteiger partial charge in [-0.2, -0.15) is 4.98 Å². The largest absolute Gasteiger partial charge is 0.338 e. The third-order valence-corrected chi connectivity index (χ3v) is 6.64. The Balaban J connectivity index is 1.44. The minimum absolute atomic E-state index is 0.275. The number of benzene rings is 1. The van der Waals surface area contributed by atoms with Gasteiger partial charge in [0.1, 0.15) is 0 Å². The van der Waals surface area contributed by atoms with Crippen molar-refractivity contribution in [2.24, 2.45) is 0 Å². The number of fused-ring (bicyclic) bond motifs is 1. The molecule has 0 saturated carbocycles. The van der Waals surface area contributed by atoms with Gasteiger partial charge >= 0.3 is 0 Å². The fourth-order valence-electron chi connectivity index (χ4n) is 3.52. The Labute approximate surface area is 159 Å². The van der Waals surface area contributed by atoms with Gasteiger partial charge in [-0.3, -0.25) is 4.90 Å². The SMILES string of the molecule is c1ccc(-c2noc(CN3CCc4sccc4[C@H]3c3cccs3)n2)cc1. The number of thiophene rings is 2. The van der Waals surface area contributed by atoms with E-state index in [1.807, 2.05) is 53.0 Å². The van der Waals surface area contributed by atoms with E-state index in [0.717, 1.165) is 18.5 Å². The fourth-order valence-corrected chi connectivity index (χ4v) is 5.30. The Bertz CT molecular complexity index is 991. The van der Waals surface area contributed by atoms with Crippen LogP contribution in [-0.4, -0.2) is 21.6 Å². The lowest BCUT2D eigenvalue weighted by molar-refractivity contribution is 0.181. The third kappa shape index (κ3) is 2.90. The maximum Gasteiger partial charge on any atom is 0.241 e. The van der Waals surface area contributed by atoms with Gasteiger partial charge in [-0.1, -0.05) is 41.6 Å². The summed E-state index contributed by atoms with van der Waals surface area (Å²) in [6.07, 6.45) is 1.08. The molecule has 1 aliphatic rings. The molecule has 130 valence electrons. The molecule has 6 heteroatoms. The molecule has 3 aromatic heterocycles. The summed E-state index contributed by atoms with van der Waals surface area (Å²) >= 11 is 3.67. The molecule has 4 heterocycles. The summed E-state index contributed by atoms with van der Waals surface area (Å²) in [6.45, 7) is 1.66. The highest BCUT2D eigenvalue weighted by Crippen LogP contribution is 2.40. The summed E-state index contributed by atoms with van der Waals surface area (Å²) < 4.78 is 5.56. The molecular weight excluding hydrogens is 362 g/mol. The first kappa shape index (κ1) is 15.9. The summed E-state index contributed by atoms with van der Waals surface area (Å²) in [5.74, 6) is 1.32. The quantitative estimate of drug-likeness (QED) is 0.500. The first-order chi connectivity index (χ1) is 12.9. The van der Waals surface area contributed by atoms with Crippen LogP contribution in [0.1, 0.15) is 27.3 Å². The van der Waals surface area contributed by atoms with Crippen LogP contribution in [0.5, 0.6) is 0 Å². The lowest BCUT2D eigenvalue weighted by atomic mass is 9.98. The Kier molecular flexibility index (Phi) is 4.16. The van der Waals surface area contributed by atoms with Gasteiger partial charge in [0.15, 0.2) is 0 Å². The number of aromatic nitrogens is 2. The first-order valence-corrected chi connectivity index (χ1v) is 10.4. The molecule has 0 radical (unpaired) electrons. The van der Waals surface area contributed by atoms with Crippen LogP contribution < -0.4 is 0 Å². The first-order valence-electron chi connectivity index (χ1n) is 8.60. The topological polar surface area (TPSA) is 42.2 Å². The second kappa shape index (κ2) is 6.79. The summed E-state index contributed by atoms with van der Waals surface area (Å²) in [7, 11) is 0. The monoisotopic (exact) mass is 379 g/mol. The number of rotatable bonds is 4. The van der Waals surface area contributed by atoms with E-state index in [0.29, 0.717) is 18.3 Å². The average Bonchev–Trinajstić information content (AvgIpc) is 3.44. The molecule has 1 atom stereocenters. The second-order valence-corrected chi connectivity index (χ2v) is 8.30.